The lowest BCUT2D eigenvalue weighted by Gasteiger charge is -2.33. The van der Waals surface area contributed by atoms with Crippen LogP contribution in [0, 0.1) is 11.8 Å². The highest BCUT2D eigenvalue weighted by Crippen LogP contribution is 2.28. The van der Waals surface area contributed by atoms with Crippen LogP contribution in [0.4, 0.5) is 0 Å². The maximum atomic E-state index is 6.54. The van der Waals surface area contributed by atoms with Crippen molar-refractivity contribution in [3.63, 3.8) is 0 Å². The lowest BCUT2D eigenvalue weighted by Crippen LogP contribution is -2.34. The fourth-order valence-corrected chi connectivity index (χ4v) is 6.96. The van der Waals surface area contributed by atoms with Gasteiger partial charge >= 0.3 is 0 Å². The first-order chi connectivity index (χ1) is 18.3. The van der Waals surface area contributed by atoms with Gasteiger partial charge < -0.3 is 14.2 Å². The van der Waals surface area contributed by atoms with Gasteiger partial charge in [-0.25, -0.2) is 0 Å². The number of rotatable bonds is 24. The monoisotopic (exact) mass is 650 g/mol. The molecule has 4 unspecified atom stereocenters. The van der Waals surface area contributed by atoms with Crippen molar-refractivity contribution in [3.05, 3.63) is 0 Å². The molecule has 3 nitrogen and oxygen atoms in total. The van der Waals surface area contributed by atoms with Gasteiger partial charge in [-0.1, -0.05) is 109 Å². The molecule has 2 aliphatic heterocycles. The molecule has 0 radical (unpaired) electrons. The van der Waals surface area contributed by atoms with Crippen molar-refractivity contribution < 1.29 is 14.2 Å². The maximum Gasteiger partial charge on any atom is 0.0625 e. The molecular formula is C32H60Br2O3. The van der Waals surface area contributed by atoms with Crippen LogP contribution in [0.2, 0.25) is 0 Å². The van der Waals surface area contributed by atoms with E-state index in [2.05, 4.69) is 31.9 Å². The quantitative estimate of drug-likeness (QED) is 0.0767. The maximum absolute atomic E-state index is 6.54. The van der Waals surface area contributed by atoms with E-state index < -0.39 is 0 Å². The Labute approximate surface area is 247 Å². The molecule has 5 heteroatoms. The number of alkyl halides is 2. The highest BCUT2D eigenvalue weighted by atomic mass is 79.9. The zero-order chi connectivity index (χ0) is 26.2. The van der Waals surface area contributed by atoms with E-state index in [4.69, 9.17) is 14.2 Å². The van der Waals surface area contributed by atoms with Gasteiger partial charge in [-0.3, -0.25) is 0 Å². The summed E-state index contributed by atoms with van der Waals surface area (Å²) in [5, 5.41) is 2.31. The standard InChI is InChI=1S/C32H60Br2O3/c33-23-15-9-5-1-3-7-11-19-29(31-21-13-17-25-36-31)27-35-28-30(32-22-14-18-26-37-32)20-12-8-4-2-6-10-16-24-34/h29-32H,1-28H2. The lowest BCUT2D eigenvalue weighted by molar-refractivity contribution is -0.0759. The van der Waals surface area contributed by atoms with Crippen LogP contribution >= 0.6 is 31.9 Å². The van der Waals surface area contributed by atoms with E-state index in [1.54, 1.807) is 0 Å². The van der Waals surface area contributed by atoms with E-state index in [0.717, 1.165) is 37.1 Å². The molecule has 2 heterocycles. The summed E-state index contributed by atoms with van der Waals surface area (Å²) in [6.07, 6.45) is 30.1. The fourth-order valence-electron chi connectivity index (χ4n) is 6.17. The SMILES string of the molecule is BrCCCCCCCCCC(COCC(CCCCCCCCCBr)C1CCCCO1)C1CCCCO1. The molecule has 0 bridgehead atoms. The molecule has 0 aromatic rings. The van der Waals surface area contributed by atoms with E-state index in [9.17, 15) is 0 Å². The van der Waals surface area contributed by atoms with Gasteiger partial charge in [0.1, 0.15) is 0 Å². The predicted molar refractivity (Wildman–Crippen MR) is 166 cm³/mol. The first kappa shape index (κ1) is 34.0. The predicted octanol–water partition coefficient (Wildman–Crippen LogP) is 10.4. The molecule has 220 valence electrons. The molecule has 0 saturated carbocycles. The molecule has 2 aliphatic rings. The van der Waals surface area contributed by atoms with Gasteiger partial charge in [0.15, 0.2) is 0 Å². The summed E-state index contributed by atoms with van der Waals surface area (Å²) in [5.41, 5.74) is 0. The normalized spacial score (nSPS) is 22.2. The van der Waals surface area contributed by atoms with E-state index in [1.165, 1.54) is 141 Å². The van der Waals surface area contributed by atoms with E-state index in [0.29, 0.717) is 24.0 Å². The first-order valence-corrected chi connectivity index (χ1v) is 18.5. The number of ether oxygens (including phenoxy) is 3. The van der Waals surface area contributed by atoms with Crippen molar-refractivity contribution in [1.82, 2.24) is 0 Å². The number of halogens is 2. The Bertz CT molecular complexity index is 439. The summed E-state index contributed by atoms with van der Waals surface area (Å²) in [5.74, 6) is 1.14. The zero-order valence-corrected chi connectivity index (χ0v) is 27.3. The second-order valence-electron chi connectivity index (χ2n) is 11.8. The summed E-state index contributed by atoms with van der Waals surface area (Å²) >= 11 is 7.09. The minimum Gasteiger partial charge on any atom is -0.381 e. The van der Waals surface area contributed by atoms with Crippen LogP contribution in [0.25, 0.3) is 0 Å². The van der Waals surface area contributed by atoms with Crippen LogP contribution in [0.15, 0.2) is 0 Å². The van der Waals surface area contributed by atoms with Crippen LogP contribution in [0.5, 0.6) is 0 Å². The lowest BCUT2D eigenvalue weighted by atomic mass is 9.90. The van der Waals surface area contributed by atoms with Crippen LogP contribution in [-0.2, 0) is 14.2 Å². The van der Waals surface area contributed by atoms with E-state index in [-0.39, 0.29) is 0 Å². The van der Waals surface area contributed by atoms with Crippen molar-refractivity contribution in [2.45, 2.75) is 153 Å². The number of unbranched alkanes of at least 4 members (excludes halogenated alkanes) is 12. The second-order valence-corrected chi connectivity index (χ2v) is 13.4. The van der Waals surface area contributed by atoms with Gasteiger partial charge in [-0.2, -0.15) is 0 Å². The van der Waals surface area contributed by atoms with E-state index >= 15 is 0 Å². The molecule has 0 amide bonds. The molecule has 4 atom stereocenters. The van der Waals surface area contributed by atoms with Crippen LogP contribution < -0.4 is 0 Å². The Morgan fingerprint density at radius 2 is 0.892 bits per heavy atom. The van der Waals surface area contributed by atoms with Crippen molar-refractivity contribution in [1.29, 1.82) is 0 Å². The third kappa shape index (κ3) is 17.3. The average Bonchev–Trinajstić information content (AvgIpc) is 2.94. The highest BCUT2D eigenvalue weighted by Gasteiger charge is 2.27. The van der Waals surface area contributed by atoms with Crippen molar-refractivity contribution in [3.8, 4) is 0 Å². The first-order valence-electron chi connectivity index (χ1n) is 16.3. The van der Waals surface area contributed by atoms with E-state index in [1.807, 2.05) is 0 Å². The third-order valence-electron chi connectivity index (χ3n) is 8.56. The van der Waals surface area contributed by atoms with Crippen molar-refractivity contribution in [2.24, 2.45) is 11.8 Å². The number of hydrogen-bond donors (Lipinski definition) is 0. The fraction of sp³-hybridized carbons (Fsp3) is 1.00. The largest absolute Gasteiger partial charge is 0.381 e. The van der Waals surface area contributed by atoms with Crippen molar-refractivity contribution in [2.75, 3.05) is 37.1 Å². The molecule has 2 fully saturated rings. The molecule has 0 spiro atoms. The van der Waals surface area contributed by atoms with Gasteiger partial charge in [-0.15, -0.1) is 0 Å². The van der Waals surface area contributed by atoms with Crippen LogP contribution in [0.1, 0.15) is 141 Å². The Morgan fingerprint density at radius 3 is 1.24 bits per heavy atom. The van der Waals surface area contributed by atoms with Gasteiger partial charge in [-0.05, 0) is 64.2 Å². The van der Waals surface area contributed by atoms with Gasteiger partial charge in [0.25, 0.3) is 0 Å². The Kier molecular flexibility index (Phi) is 22.7. The van der Waals surface area contributed by atoms with Gasteiger partial charge in [0.2, 0.25) is 0 Å². The van der Waals surface area contributed by atoms with Crippen LogP contribution in [-0.4, -0.2) is 49.3 Å². The summed E-state index contributed by atoms with van der Waals surface area (Å²) in [6, 6.07) is 0. The molecule has 2 rings (SSSR count). The minimum atomic E-state index is 0.418. The van der Waals surface area contributed by atoms with Gasteiger partial charge in [0.05, 0.1) is 25.4 Å². The third-order valence-corrected chi connectivity index (χ3v) is 9.68. The summed E-state index contributed by atoms with van der Waals surface area (Å²) in [4.78, 5) is 0. The summed E-state index contributed by atoms with van der Waals surface area (Å²) in [6.45, 7) is 3.66. The van der Waals surface area contributed by atoms with Gasteiger partial charge in [0, 0.05) is 35.7 Å². The number of hydrogen-bond acceptors (Lipinski definition) is 3. The zero-order valence-electron chi connectivity index (χ0n) is 24.1. The van der Waals surface area contributed by atoms with Crippen molar-refractivity contribution >= 4 is 31.9 Å². The highest BCUT2D eigenvalue weighted by molar-refractivity contribution is 9.09. The van der Waals surface area contributed by atoms with Crippen LogP contribution in [0.3, 0.4) is 0 Å². The molecule has 0 N–H and O–H groups in total. The Balaban J connectivity index is 1.71. The molecule has 37 heavy (non-hydrogen) atoms. The molecule has 0 aromatic carbocycles. The summed E-state index contributed by atoms with van der Waals surface area (Å²) < 4.78 is 19.0. The molecule has 0 aliphatic carbocycles. The topological polar surface area (TPSA) is 27.7 Å². The molecule has 0 aromatic heterocycles. The Morgan fingerprint density at radius 1 is 0.514 bits per heavy atom. The molecule has 2 saturated heterocycles. The minimum absolute atomic E-state index is 0.418. The molecular weight excluding hydrogens is 592 g/mol. The average molecular weight is 653 g/mol. The second kappa shape index (κ2) is 24.6. The smallest absolute Gasteiger partial charge is 0.0625 e. The Hall–Kier alpha value is 0.840. The summed E-state index contributed by atoms with van der Waals surface area (Å²) in [7, 11) is 0.